The number of hydrogen-bond acceptors (Lipinski definition) is 3. The van der Waals surface area contributed by atoms with Gasteiger partial charge in [0.1, 0.15) is 0 Å². The molecule has 0 spiro atoms. The summed E-state index contributed by atoms with van der Waals surface area (Å²) in [4.78, 5) is 3.98. The van der Waals surface area contributed by atoms with Crippen molar-refractivity contribution in [3.05, 3.63) is 29.0 Å². The van der Waals surface area contributed by atoms with Gasteiger partial charge >= 0.3 is 0 Å². The van der Waals surface area contributed by atoms with Gasteiger partial charge in [0.25, 0.3) is 0 Å². The predicted molar refractivity (Wildman–Crippen MR) is 66.0 cm³/mol. The van der Waals surface area contributed by atoms with E-state index in [0.717, 1.165) is 17.0 Å². The minimum absolute atomic E-state index is 0.301. The van der Waals surface area contributed by atoms with Crippen LogP contribution in [0, 0.1) is 11.3 Å². The first-order chi connectivity index (χ1) is 7.54. The molecule has 1 aliphatic carbocycles. The minimum Gasteiger partial charge on any atom is -0.271 e. The van der Waals surface area contributed by atoms with Gasteiger partial charge in [-0.15, -0.1) is 0 Å². The summed E-state index contributed by atoms with van der Waals surface area (Å²) < 4.78 is 0. The van der Waals surface area contributed by atoms with Gasteiger partial charge < -0.3 is 0 Å². The van der Waals surface area contributed by atoms with Gasteiger partial charge in [-0.3, -0.25) is 16.3 Å². The first-order valence-corrected chi connectivity index (χ1v) is 5.97. The van der Waals surface area contributed by atoms with Gasteiger partial charge in [0, 0.05) is 18.4 Å². The van der Waals surface area contributed by atoms with Gasteiger partial charge in [0.15, 0.2) is 0 Å². The Morgan fingerprint density at radius 1 is 1.69 bits per heavy atom. The van der Waals surface area contributed by atoms with E-state index in [2.05, 4.69) is 24.3 Å². The van der Waals surface area contributed by atoms with Crippen molar-refractivity contribution < 1.29 is 0 Å². The molecule has 0 aliphatic heterocycles. The van der Waals surface area contributed by atoms with Gasteiger partial charge in [-0.05, 0) is 35.8 Å². The van der Waals surface area contributed by atoms with Crippen molar-refractivity contribution in [1.29, 1.82) is 0 Å². The molecule has 0 bridgehead atoms. The van der Waals surface area contributed by atoms with Crippen LogP contribution in [0.3, 0.4) is 0 Å². The maximum absolute atomic E-state index is 6.09. The average Bonchev–Trinajstić information content (AvgIpc) is 2.86. The third kappa shape index (κ3) is 2.37. The van der Waals surface area contributed by atoms with E-state index >= 15 is 0 Å². The molecule has 4 heteroatoms. The standard InChI is InChI=1S/C12H18ClN3/c1-12(2)6-9(12)11(16-14)5-8-3-4-15-7-10(8)13/h3-4,7,9,11,16H,5-6,14H2,1-2H3. The molecule has 2 rings (SSSR count). The van der Waals surface area contributed by atoms with Crippen molar-refractivity contribution in [1.82, 2.24) is 10.4 Å². The SMILES string of the molecule is CC1(C)CC1C(Cc1ccncc1Cl)NN. The van der Waals surface area contributed by atoms with E-state index in [1.54, 1.807) is 12.4 Å². The normalized spacial score (nSPS) is 24.1. The topological polar surface area (TPSA) is 50.9 Å². The van der Waals surface area contributed by atoms with E-state index in [0.29, 0.717) is 17.4 Å². The van der Waals surface area contributed by atoms with E-state index in [1.807, 2.05) is 6.07 Å². The molecular weight excluding hydrogens is 222 g/mol. The molecule has 16 heavy (non-hydrogen) atoms. The van der Waals surface area contributed by atoms with Crippen LogP contribution in [0.25, 0.3) is 0 Å². The summed E-state index contributed by atoms with van der Waals surface area (Å²) in [5, 5.41) is 0.723. The summed E-state index contributed by atoms with van der Waals surface area (Å²) in [5.74, 6) is 6.26. The second-order valence-corrected chi connectivity index (χ2v) is 5.65. The molecule has 0 radical (unpaired) electrons. The second-order valence-electron chi connectivity index (χ2n) is 5.24. The zero-order valence-electron chi connectivity index (χ0n) is 9.70. The molecule has 3 N–H and O–H groups in total. The Bertz CT molecular complexity index is 378. The first kappa shape index (κ1) is 11.8. The minimum atomic E-state index is 0.301. The molecule has 0 aromatic carbocycles. The Balaban J connectivity index is 2.06. The fourth-order valence-corrected chi connectivity index (χ4v) is 2.52. The highest BCUT2D eigenvalue weighted by atomic mass is 35.5. The van der Waals surface area contributed by atoms with Crippen molar-refractivity contribution in [2.45, 2.75) is 32.7 Å². The number of hydrogen-bond donors (Lipinski definition) is 2. The van der Waals surface area contributed by atoms with Crippen molar-refractivity contribution in [2.24, 2.45) is 17.2 Å². The van der Waals surface area contributed by atoms with Crippen LogP contribution >= 0.6 is 11.6 Å². The predicted octanol–water partition coefficient (Wildman–Crippen LogP) is 2.16. The fourth-order valence-electron chi connectivity index (χ4n) is 2.32. The number of pyridine rings is 1. The van der Waals surface area contributed by atoms with Gasteiger partial charge in [-0.2, -0.15) is 0 Å². The van der Waals surface area contributed by atoms with Gasteiger partial charge in [-0.1, -0.05) is 25.4 Å². The molecule has 3 nitrogen and oxygen atoms in total. The summed E-state index contributed by atoms with van der Waals surface area (Å²) in [7, 11) is 0. The Morgan fingerprint density at radius 3 is 2.88 bits per heavy atom. The summed E-state index contributed by atoms with van der Waals surface area (Å²) in [5.41, 5.74) is 4.44. The zero-order valence-corrected chi connectivity index (χ0v) is 10.5. The largest absolute Gasteiger partial charge is 0.271 e. The van der Waals surface area contributed by atoms with Crippen molar-refractivity contribution in [2.75, 3.05) is 0 Å². The summed E-state index contributed by atoms with van der Waals surface area (Å²) in [6.07, 6.45) is 5.55. The lowest BCUT2D eigenvalue weighted by atomic mass is 9.98. The molecular formula is C12H18ClN3. The van der Waals surface area contributed by atoms with Gasteiger partial charge in [0.05, 0.1) is 5.02 Å². The Kier molecular flexibility index (Phi) is 3.19. The van der Waals surface area contributed by atoms with Crippen LogP contribution < -0.4 is 11.3 Å². The van der Waals surface area contributed by atoms with Crippen molar-refractivity contribution in [3.63, 3.8) is 0 Å². The molecule has 1 aromatic heterocycles. The Morgan fingerprint density at radius 2 is 2.38 bits per heavy atom. The summed E-state index contributed by atoms with van der Waals surface area (Å²) in [6.45, 7) is 4.55. The van der Waals surface area contributed by atoms with E-state index in [4.69, 9.17) is 17.4 Å². The van der Waals surface area contributed by atoms with E-state index in [9.17, 15) is 0 Å². The van der Waals surface area contributed by atoms with Crippen LogP contribution in [-0.2, 0) is 6.42 Å². The molecule has 0 amide bonds. The highest BCUT2D eigenvalue weighted by Crippen LogP contribution is 2.53. The molecule has 88 valence electrons. The summed E-state index contributed by atoms with van der Waals surface area (Å²) in [6, 6.07) is 2.26. The van der Waals surface area contributed by atoms with Crippen molar-refractivity contribution >= 4 is 11.6 Å². The highest BCUT2D eigenvalue weighted by Gasteiger charge is 2.49. The molecule has 1 saturated carbocycles. The number of nitrogens with zero attached hydrogens (tertiary/aromatic N) is 1. The monoisotopic (exact) mass is 239 g/mol. The number of halogens is 1. The molecule has 2 atom stereocenters. The van der Waals surface area contributed by atoms with Crippen LogP contribution in [0.15, 0.2) is 18.5 Å². The van der Waals surface area contributed by atoms with Crippen LogP contribution in [0.5, 0.6) is 0 Å². The molecule has 2 unspecified atom stereocenters. The summed E-state index contributed by atoms with van der Waals surface area (Å²) >= 11 is 6.09. The average molecular weight is 240 g/mol. The van der Waals surface area contributed by atoms with Crippen LogP contribution in [-0.4, -0.2) is 11.0 Å². The number of aromatic nitrogens is 1. The molecule has 1 aliphatic rings. The van der Waals surface area contributed by atoms with Crippen molar-refractivity contribution in [3.8, 4) is 0 Å². The van der Waals surface area contributed by atoms with E-state index < -0.39 is 0 Å². The third-order valence-corrected chi connectivity index (χ3v) is 3.93. The smallest absolute Gasteiger partial charge is 0.0621 e. The second kappa shape index (κ2) is 4.32. The zero-order chi connectivity index (χ0) is 11.8. The third-order valence-electron chi connectivity index (χ3n) is 3.59. The lowest BCUT2D eigenvalue weighted by Gasteiger charge is -2.18. The lowest BCUT2D eigenvalue weighted by molar-refractivity contribution is 0.409. The number of rotatable bonds is 4. The maximum Gasteiger partial charge on any atom is 0.0621 e. The van der Waals surface area contributed by atoms with Crippen LogP contribution in [0.2, 0.25) is 5.02 Å². The van der Waals surface area contributed by atoms with Gasteiger partial charge in [0.2, 0.25) is 0 Å². The first-order valence-electron chi connectivity index (χ1n) is 5.59. The lowest BCUT2D eigenvalue weighted by Crippen LogP contribution is -2.39. The van der Waals surface area contributed by atoms with E-state index in [1.165, 1.54) is 6.42 Å². The number of hydrazine groups is 1. The Labute approximate surface area is 101 Å². The maximum atomic E-state index is 6.09. The molecule has 1 fully saturated rings. The molecule has 1 aromatic rings. The van der Waals surface area contributed by atoms with Crippen LogP contribution in [0.1, 0.15) is 25.8 Å². The Hall–Kier alpha value is -0.640. The van der Waals surface area contributed by atoms with E-state index in [-0.39, 0.29) is 0 Å². The fraction of sp³-hybridized carbons (Fsp3) is 0.583. The molecule has 1 heterocycles. The highest BCUT2D eigenvalue weighted by molar-refractivity contribution is 6.31. The van der Waals surface area contributed by atoms with Gasteiger partial charge in [-0.25, -0.2) is 0 Å². The molecule has 0 saturated heterocycles. The quantitative estimate of drug-likeness (QED) is 0.625. The van der Waals surface area contributed by atoms with Crippen LogP contribution in [0.4, 0.5) is 0 Å². The number of nitrogens with two attached hydrogens (primary N) is 1. The number of nitrogens with one attached hydrogen (secondary N) is 1.